The van der Waals surface area contributed by atoms with Gasteiger partial charge in [0.1, 0.15) is 12.4 Å². The molecule has 1 aliphatic rings. The van der Waals surface area contributed by atoms with Crippen LogP contribution in [0.3, 0.4) is 0 Å². The average Bonchev–Trinajstić information content (AvgIpc) is 3.15. The lowest BCUT2D eigenvalue weighted by molar-refractivity contribution is -0.127. The third-order valence-corrected chi connectivity index (χ3v) is 6.11. The Hall–Kier alpha value is -4.64. The van der Waals surface area contributed by atoms with Gasteiger partial charge in [0, 0.05) is 16.9 Å². The quantitative estimate of drug-likeness (QED) is 0.387. The first kappa shape index (κ1) is 26.4. The van der Waals surface area contributed by atoms with Crippen molar-refractivity contribution in [3.8, 4) is 11.5 Å². The number of halogens is 1. The van der Waals surface area contributed by atoms with Crippen molar-refractivity contribution in [2.24, 2.45) is 0 Å². The van der Waals surface area contributed by atoms with Crippen molar-refractivity contribution < 1.29 is 33.0 Å². The summed E-state index contributed by atoms with van der Waals surface area (Å²) < 4.78 is 24.5. The normalized spacial score (nSPS) is 13.9. The van der Waals surface area contributed by atoms with Crippen LogP contribution >= 0.6 is 11.8 Å². The molecule has 38 heavy (non-hydrogen) atoms. The van der Waals surface area contributed by atoms with Crippen LogP contribution < -0.4 is 20.1 Å². The molecule has 4 amide bonds. The summed E-state index contributed by atoms with van der Waals surface area (Å²) in [5, 5.41) is 4.53. The highest BCUT2D eigenvalue weighted by Crippen LogP contribution is 2.37. The molecule has 3 aromatic rings. The van der Waals surface area contributed by atoms with Gasteiger partial charge in [-0.1, -0.05) is 36.4 Å². The van der Waals surface area contributed by atoms with E-state index in [0.29, 0.717) is 28.8 Å². The Morgan fingerprint density at radius 2 is 1.66 bits per heavy atom. The molecule has 0 aromatic heterocycles. The van der Waals surface area contributed by atoms with Crippen molar-refractivity contribution in [1.82, 2.24) is 4.90 Å². The number of amides is 4. The van der Waals surface area contributed by atoms with Crippen molar-refractivity contribution >= 4 is 52.2 Å². The number of hydrogen-bond acceptors (Lipinski definition) is 7. The van der Waals surface area contributed by atoms with Gasteiger partial charge in [0.15, 0.2) is 18.1 Å². The van der Waals surface area contributed by atoms with E-state index in [4.69, 9.17) is 9.47 Å². The molecule has 1 heterocycles. The predicted molar refractivity (Wildman–Crippen MR) is 141 cm³/mol. The molecule has 1 saturated heterocycles. The smallest absolute Gasteiger partial charge is 0.294 e. The number of para-hydroxylation sites is 2. The minimum absolute atomic E-state index is 0.0559. The molecule has 0 saturated carbocycles. The molecule has 0 spiro atoms. The second kappa shape index (κ2) is 12.1. The van der Waals surface area contributed by atoms with Gasteiger partial charge < -0.3 is 20.1 Å². The van der Waals surface area contributed by atoms with Crippen LogP contribution in [0.2, 0.25) is 0 Å². The molecule has 0 atom stereocenters. The molecule has 0 aliphatic carbocycles. The minimum Gasteiger partial charge on any atom is -0.493 e. The number of methoxy groups -OCH3 is 1. The summed E-state index contributed by atoms with van der Waals surface area (Å²) >= 11 is 0.659. The summed E-state index contributed by atoms with van der Waals surface area (Å²) in [6.45, 7) is -0.877. The van der Waals surface area contributed by atoms with Gasteiger partial charge in [-0.25, -0.2) is 4.39 Å². The number of hydrogen-bond donors (Lipinski definition) is 2. The number of benzene rings is 3. The van der Waals surface area contributed by atoms with Crippen molar-refractivity contribution in [1.29, 1.82) is 0 Å². The lowest BCUT2D eigenvalue weighted by atomic mass is 10.1. The van der Waals surface area contributed by atoms with Crippen LogP contribution in [0.25, 0.3) is 6.08 Å². The average molecular weight is 536 g/mol. The van der Waals surface area contributed by atoms with Crippen molar-refractivity contribution in [3.63, 3.8) is 0 Å². The first-order valence-electron chi connectivity index (χ1n) is 11.3. The largest absolute Gasteiger partial charge is 0.493 e. The molecular formula is C27H22FN3O6S. The number of imide groups is 1. The molecule has 1 fully saturated rings. The van der Waals surface area contributed by atoms with Crippen LogP contribution in [-0.2, 0) is 14.4 Å². The molecule has 9 nitrogen and oxygen atoms in total. The first-order chi connectivity index (χ1) is 18.3. The topological polar surface area (TPSA) is 114 Å². The summed E-state index contributed by atoms with van der Waals surface area (Å²) in [5.41, 5.74) is 1.20. The van der Waals surface area contributed by atoms with Gasteiger partial charge in [0.2, 0.25) is 5.91 Å². The third-order valence-electron chi connectivity index (χ3n) is 5.20. The van der Waals surface area contributed by atoms with Crippen LogP contribution in [0.1, 0.15) is 5.56 Å². The molecule has 1 aliphatic heterocycles. The number of nitrogens with zero attached hydrogens (tertiary/aromatic N) is 1. The van der Waals surface area contributed by atoms with Crippen LogP contribution in [-0.4, -0.2) is 48.1 Å². The van der Waals surface area contributed by atoms with Gasteiger partial charge in [0.05, 0.1) is 12.0 Å². The van der Waals surface area contributed by atoms with E-state index >= 15 is 0 Å². The van der Waals surface area contributed by atoms with Gasteiger partial charge in [-0.3, -0.25) is 24.1 Å². The minimum atomic E-state index is -0.676. The SMILES string of the molecule is COc1cccc(/C=C2/SC(=O)N(CC(=O)Nc3cccc(F)c3)C2=O)c1OCC(=O)Nc1ccccc1. The van der Waals surface area contributed by atoms with Gasteiger partial charge >= 0.3 is 0 Å². The Morgan fingerprint density at radius 3 is 2.39 bits per heavy atom. The fourth-order valence-electron chi connectivity index (χ4n) is 3.51. The van der Waals surface area contributed by atoms with Gasteiger partial charge in [-0.05, 0) is 54.2 Å². The molecule has 0 bridgehead atoms. The van der Waals surface area contributed by atoms with Crippen LogP contribution in [0.4, 0.5) is 20.6 Å². The Balaban J connectivity index is 1.47. The van der Waals surface area contributed by atoms with Gasteiger partial charge in [-0.15, -0.1) is 0 Å². The Labute approximate surface area is 221 Å². The number of thioether (sulfide) groups is 1. The van der Waals surface area contributed by atoms with Crippen molar-refractivity contribution in [2.75, 3.05) is 30.9 Å². The number of carbonyl (C=O) groups is 4. The molecule has 3 aromatic carbocycles. The maximum atomic E-state index is 13.4. The standard InChI is InChI=1S/C27H22FN3O6S/c1-36-21-12-5-7-17(25(21)37-16-24(33)29-19-9-3-2-4-10-19)13-22-26(34)31(27(35)38-22)15-23(32)30-20-11-6-8-18(28)14-20/h2-14H,15-16H2,1H3,(H,29,33)(H,30,32)/b22-13+. The van der Waals surface area contributed by atoms with E-state index in [1.807, 2.05) is 6.07 Å². The van der Waals surface area contributed by atoms with Crippen molar-refractivity contribution in [3.05, 3.63) is 89.1 Å². The predicted octanol–water partition coefficient (Wildman–Crippen LogP) is 4.53. The number of anilines is 2. The number of carbonyl (C=O) groups excluding carboxylic acids is 4. The summed E-state index contributed by atoms with van der Waals surface area (Å²) in [5.74, 6) is -1.75. The van der Waals surface area contributed by atoms with E-state index in [0.717, 1.165) is 11.0 Å². The number of rotatable bonds is 9. The fraction of sp³-hybridized carbons (Fsp3) is 0.111. The summed E-state index contributed by atoms with van der Waals surface area (Å²) in [6, 6.07) is 19.1. The lowest BCUT2D eigenvalue weighted by Crippen LogP contribution is -2.36. The lowest BCUT2D eigenvalue weighted by Gasteiger charge is -2.14. The maximum absolute atomic E-state index is 13.4. The number of nitrogens with one attached hydrogen (secondary N) is 2. The summed E-state index contributed by atoms with van der Waals surface area (Å²) in [7, 11) is 1.43. The van der Waals surface area contributed by atoms with E-state index in [9.17, 15) is 23.6 Å². The highest BCUT2D eigenvalue weighted by Gasteiger charge is 2.36. The fourth-order valence-corrected chi connectivity index (χ4v) is 4.34. The molecule has 0 unspecified atom stereocenters. The second-order valence-electron chi connectivity index (χ2n) is 7.91. The molecular weight excluding hydrogens is 513 g/mol. The van der Waals surface area contributed by atoms with E-state index in [2.05, 4.69) is 10.6 Å². The Bertz CT molecular complexity index is 1410. The maximum Gasteiger partial charge on any atom is 0.294 e. The summed E-state index contributed by atoms with van der Waals surface area (Å²) in [6.07, 6.45) is 1.43. The Kier molecular flexibility index (Phi) is 8.39. The monoisotopic (exact) mass is 535 g/mol. The van der Waals surface area contributed by atoms with Crippen molar-refractivity contribution in [2.45, 2.75) is 0 Å². The first-order valence-corrected chi connectivity index (χ1v) is 12.1. The van der Waals surface area contributed by atoms with Crippen LogP contribution in [0.15, 0.2) is 77.7 Å². The van der Waals surface area contributed by atoms with Gasteiger partial charge in [0.25, 0.3) is 17.1 Å². The van der Waals surface area contributed by atoms with E-state index in [-0.39, 0.29) is 22.9 Å². The third kappa shape index (κ3) is 6.56. The van der Waals surface area contributed by atoms with Gasteiger partial charge in [-0.2, -0.15) is 0 Å². The van der Waals surface area contributed by atoms with Crippen LogP contribution in [0.5, 0.6) is 11.5 Å². The zero-order valence-electron chi connectivity index (χ0n) is 20.1. The van der Waals surface area contributed by atoms with E-state index in [1.54, 1.807) is 42.5 Å². The highest BCUT2D eigenvalue weighted by molar-refractivity contribution is 8.18. The Morgan fingerprint density at radius 1 is 0.947 bits per heavy atom. The van der Waals surface area contributed by atoms with Crippen LogP contribution in [0, 0.1) is 5.82 Å². The molecule has 2 N–H and O–H groups in total. The van der Waals surface area contributed by atoms with E-state index in [1.165, 1.54) is 31.4 Å². The molecule has 4 rings (SSSR count). The molecule has 11 heteroatoms. The molecule has 0 radical (unpaired) electrons. The molecule has 194 valence electrons. The second-order valence-corrected chi connectivity index (χ2v) is 8.90. The zero-order chi connectivity index (χ0) is 27.1. The zero-order valence-corrected chi connectivity index (χ0v) is 20.9. The number of ether oxygens (including phenoxy) is 2. The highest BCUT2D eigenvalue weighted by atomic mass is 32.2. The summed E-state index contributed by atoms with van der Waals surface area (Å²) in [4.78, 5) is 51.0. The van der Waals surface area contributed by atoms with E-state index < -0.39 is 35.3 Å².